The molecule has 0 bridgehead atoms. The fraction of sp³-hybridized carbons (Fsp3) is 0.189. The standard InChI is InChI=1S/C37H34Cl2N4O6/c38-32-12-8-6-10-30(32)36(46)48-28-20-16-26(17-21-28)24-40-42-34(44)14-4-2-1-3-5-15-35(45)43-41-25-27-18-22-29(23-19-27)49-37(47)31-11-7-9-13-33(31)39/h6-13,16-25H,1-5,14-15H2,(H,42,44)(H,43,45). The predicted octanol–water partition coefficient (Wildman–Crippen LogP) is 7.76. The van der Waals surface area contributed by atoms with Gasteiger partial charge in [0, 0.05) is 12.8 Å². The van der Waals surface area contributed by atoms with Crippen LogP contribution in [0.5, 0.6) is 11.5 Å². The van der Waals surface area contributed by atoms with Gasteiger partial charge in [-0.25, -0.2) is 20.4 Å². The van der Waals surface area contributed by atoms with Crippen LogP contribution in [0.2, 0.25) is 10.0 Å². The molecule has 0 aliphatic carbocycles. The summed E-state index contributed by atoms with van der Waals surface area (Å²) in [6, 6.07) is 26.6. The van der Waals surface area contributed by atoms with E-state index < -0.39 is 11.9 Å². The van der Waals surface area contributed by atoms with Crippen molar-refractivity contribution in [2.24, 2.45) is 10.2 Å². The van der Waals surface area contributed by atoms with Gasteiger partial charge in [0.1, 0.15) is 11.5 Å². The molecule has 0 atom stereocenters. The highest BCUT2D eigenvalue weighted by Gasteiger charge is 2.13. The summed E-state index contributed by atoms with van der Waals surface area (Å²) in [5.41, 5.74) is 7.02. The molecule has 12 heteroatoms. The van der Waals surface area contributed by atoms with Gasteiger partial charge in [0.05, 0.1) is 33.6 Å². The number of ether oxygens (including phenoxy) is 2. The highest BCUT2D eigenvalue weighted by Crippen LogP contribution is 2.20. The Bertz CT molecular complexity index is 1660. The van der Waals surface area contributed by atoms with Crippen molar-refractivity contribution in [3.05, 3.63) is 129 Å². The van der Waals surface area contributed by atoms with E-state index in [0.29, 0.717) is 47.2 Å². The summed E-state index contributed by atoms with van der Waals surface area (Å²) < 4.78 is 10.7. The Balaban J connectivity index is 1.02. The maximum Gasteiger partial charge on any atom is 0.345 e. The molecule has 0 saturated heterocycles. The third-order valence-corrected chi connectivity index (χ3v) is 7.64. The fourth-order valence-electron chi connectivity index (χ4n) is 4.39. The molecule has 10 nitrogen and oxygen atoms in total. The van der Waals surface area contributed by atoms with E-state index in [1.807, 2.05) is 0 Å². The molecular weight excluding hydrogens is 667 g/mol. The minimum Gasteiger partial charge on any atom is -0.423 e. The van der Waals surface area contributed by atoms with E-state index >= 15 is 0 Å². The second-order valence-electron chi connectivity index (χ2n) is 10.7. The zero-order chi connectivity index (χ0) is 34.8. The number of carbonyl (C=O) groups excluding carboxylic acids is 4. The number of halogens is 2. The molecule has 4 rings (SSSR count). The third kappa shape index (κ3) is 12.7. The van der Waals surface area contributed by atoms with Crippen molar-refractivity contribution in [3.8, 4) is 11.5 Å². The Morgan fingerprint density at radius 1 is 0.531 bits per heavy atom. The van der Waals surface area contributed by atoms with Crippen LogP contribution in [-0.4, -0.2) is 36.2 Å². The monoisotopic (exact) mass is 700 g/mol. The van der Waals surface area contributed by atoms with Crippen LogP contribution in [0.4, 0.5) is 0 Å². The van der Waals surface area contributed by atoms with Crippen molar-refractivity contribution in [1.29, 1.82) is 0 Å². The van der Waals surface area contributed by atoms with E-state index in [-0.39, 0.29) is 22.9 Å². The summed E-state index contributed by atoms with van der Waals surface area (Å²) in [5.74, 6) is -0.763. The Kier molecular flexibility index (Phi) is 14.5. The lowest BCUT2D eigenvalue weighted by atomic mass is 10.1. The highest BCUT2D eigenvalue weighted by molar-refractivity contribution is 6.34. The molecule has 0 aromatic heterocycles. The summed E-state index contributed by atoms with van der Waals surface area (Å²) >= 11 is 12.1. The quantitative estimate of drug-likeness (QED) is 0.0403. The normalized spacial score (nSPS) is 11.0. The molecule has 2 N–H and O–H groups in total. The summed E-state index contributed by atoms with van der Waals surface area (Å²) in [4.78, 5) is 48.7. The molecule has 0 radical (unpaired) electrons. The van der Waals surface area contributed by atoms with Gasteiger partial charge in [-0.2, -0.15) is 10.2 Å². The van der Waals surface area contributed by atoms with E-state index in [1.165, 1.54) is 12.4 Å². The molecule has 4 aromatic rings. The number of hydrazone groups is 2. The Morgan fingerprint density at radius 2 is 0.898 bits per heavy atom. The molecule has 252 valence electrons. The lowest BCUT2D eigenvalue weighted by Gasteiger charge is -2.06. The van der Waals surface area contributed by atoms with Gasteiger partial charge in [-0.1, -0.05) is 66.7 Å². The molecule has 4 aromatic carbocycles. The zero-order valence-corrected chi connectivity index (χ0v) is 28.0. The number of esters is 2. The highest BCUT2D eigenvalue weighted by atomic mass is 35.5. The zero-order valence-electron chi connectivity index (χ0n) is 26.4. The number of rotatable bonds is 16. The summed E-state index contributed by atoms with van der Waals surface area (Å²) in [6.45, 7) is 0. The molecule has 0 spiro atoms. The first-order valence-electron chi connectivity index (χ1n) is 15.6. The molecule has 0 aliphatic rings. The Labute approximate surface area is 294 Å². The molecule has 0 aliphatic heterocycles. The number of carbonyl (C=O) groups is 4. The number of amides is 2. The first-order valence-corrected chi connectivity index (χ1v) is 16.3. The van der Waals surface area contributed by atoms with Crippen LogP contribution in [0.3, 0.4) is 0 Å². The Hall–Kier alpha value is -5.32. The average molecular weight is 702 g/mol. The lowest BCUT2D eigenvalue weighted by Crippen LogP contribution is -2.17. The summed E-state index contributed by atoms with van der Waals surface area (Å²) in [6.07, 6.45) is 7.72. The number of hydrogen-bond donors (Lipinski definition) is 2. The Morgan fingerprint density at radius 3 is 1.29 bits per heavy atom. The van der Waals surface area contributed by atoms with Gasteiger partial charge >= 0.3 is 11.9 Å². The van der Waals surface area contributed by atoms with Crippen LogP contribution in [0.1, 0.15) is 76.8 Å². The minimum atomic E-state index is -0.551. The molecule has 2 amide bonds. The van der Waals surface area contributed by atoms with Crippen LogP contribution in [-0.2, 0) is 9.59 Å². The summed E-state index contributed by atoms with van der Waals surface area (Å²) in [5, 5.41) is 8.59. The van der Waals surface area contributed by atoms with Crippen molar-refractivity contribution in [2.75, 3.05) is 0 Å². The van der Waals surface area contributed by atoms with Crippen molar-refractivity contribution in [1.82, 2.24) is 10.9 Å². The van der Waals surface area contributed by atoms with Gasteiger partial charge < -0.3 is 9.47 Å². The van der Waals surface area contributed by atoms with Crippen molar-refractivity contribution >= 4 is 59.4 Å². The first kappa shape index (κ1) is 36.5. The second kappa shape index (κ2) is 19.5. The number of nitrogens with one attached hydrogen (secondary N) is 2. The average Bonchev–Trinajstić information content (AvgIpc) is 3.09. The number of benzene rings is 4. The number of hydrogen-bond acceptors (Lipinski definition) is 8. The molecule has 49 heavy (non-hydrogen) atoms. The predicted molar refractivity (Wildman–Crippen MR) is 189 cm³/mol. The topological polar surface area (TPSA) is 136 Å². The molecule has 0 saturated carbocycles. The van der Waals surface area contributed by atoms with Crippen LogP contribution in [0.15, 0.2) is 107 Å². The minimum absolute atomic E-state index is 0.188. The maximum absolute atomic E-state index is 12.3. The van der Waals surface area contributed by atoms with E-state index in [9.17, 15) is 19.2 Å². The largest absolute Gasteiger partial charge is 0.423 e. The van der Waals surface area contributed by atoms with E-state index in [1.54, 1.807) is 97.1 Å². The number of nitrogens with zero attached hydrogens (tertiary/aromatic N) is 2. The van der Waals surface area contributed by atoms with Gasteiger partial charge in [0.2, 0.25) is 11.8 Å². The maximum atomic E-state index is 12.3. The first-order chi connectivity index (χ1) is 23.8. The molecule has 0 fully saturated rings. The van der Waals surface area contributed by atoms with Gasteiger partial charge in [0.15, 0.2) is 0 Å². The molecule has 0 heterocycles. The third-order valence-electron chi connectivity index (χ3n) is 6.98. The molecule has 0 unspecified atom stereocenters. The lowest BCUT2D eigenvalue weighted by molar-refractivity contribution is -0.121. The van der Waals surface area contributed by atoms with Crippen molar-refractivity contribution < 1.29 is 28.7 Å². The van der Waals surface area contributed by atoms with Gasteiger partial charge in [-0.3, -0.25) is 9.59 Å². The van der Waals surface area contributed by atoms with Crippen LogP contribution in [0.25, 0.3) is 0 Å². The second-order valence-corrected chi connectivity index (χ2v) is 11.5. The molecular formula is C37H34Cl2N4O6. The number of unbranched alkanes of at least 4 members (excludes halogenated alkanes) is 4. The van der Waals surface area contributed by atoms with E-state index in [4.69, 9.17) is 32.7 Å². The van der Waals surface area contributed by atoms with E-state index in [0.717, 1.165) is 30.4 Å². The van der Waals surface area contributed by atoms with Gasteiger partial charge in [0.25, 0.3) is 0 Å². The van der Waals surface area contributed by atoms with Gasteiger partial charge in [-0.15, -0.1) is 0 Å². The fourth-order valence-corrected chi connectivity index (χ4v) is 4.82. The van der Waals surface area contributed by atoms with Gasteiger partial charge in [-0.05, 0) is 96.8 Å². The van der Waals surface area contributed by atoms with Crippen LogP contribution in [0, 0.1) is 0 Å². The van der Waals surface area contributed by atoms with E-state index in [2.05, 4.69) is 21.1 Å². The SMILES string of the molecule is O=C(CCCCCCCC(=O)NN=Cc1ccc(OC(=O)c2ccccc2Cl)cc1)NN=Cc1ccc(OC(=O)c2ccccc2Cl)cc1. The van der Waals surface area contributed by atoms with Crippen molar-refractivity contribution in [3.63, 3.8) is 0 Å². The van der Waals surface area contributed by atoms with Crippen LogP contribution < -0.4 is 20.3 Å². The van der Waals surface area contributed by atoms with Crippen LogP contribution >= 0.6 is 23.2 Å². The summed E-state index contributed by atoms with van der Waals surface area (Å²) in [7, 11) is 0. The van der Waals surface area contributed by atoms with Crippen molar-refractivity contribution in [2.45, 2.75) is 44.9 Å². The smallest absolute Gasteiger partial charge is 0.345 e.